The maximum absolute atomic E-state index is 5.82. The van der Waals surface area contributed by atoms with Crippen LogP contribution in [0.4, 0.5) is 0 Å². The first-order chi connectivity index (χ1) is 8.11. The number of aryl methyl sites for hydroxylation is 2. The molecule has 2 aromatic heterocycles. The van der Waals surface area contributed by atoms with Crippen molar-refractivity contribution in [2.75, 3.05) is 6.54 Å². The minimum atomic E-state index is 0.156. The zero-order valence-corrected chi connectivity index (χ0v) is 12.6. The summed E-state index contributed by atoms with van der Waals surface area (Å²) in [6, 6.07) is 6.49. The molecule has 0 amide bonds. The lowest BCUT2D eigenvalue weighted by Crippen LogP contribution is -2.20. The molecule has 1 N–H and O–H groups in total. The average molecular weight is 314 g/mol. The Morgan fingerprint density at radius 1 is 1.41 bits per heavy atom. The van der Waals surface area contributed by atoms with Crippen LogP contribution in [-0.2, 0) is 0 Å². The van der Waals surface area contributed by atoms with Gasteiger partial charge in [0.05, 0.1) is 3.79 Å². The summed E-state index contributed by atoms with van der Waals surface area (Å²) in [5.41, 5.74) is 1.21. The quantitative estimate of drug-likeness (QED) is 0.904. The lowest BCUT2D eigenvalue weighted by molar-refractivity contribution is 0.437. The minimum Gasteiger partial charge on any atom is -0.464 e. The molecule has 2 aromatic rings. The fraction of sp³-hybridized carbons (Fsp3) is 0.385. The Bertz CT molecular complexity index is 484. The number of hydrogen-bond donors (Lipinski definition) is 1. The molecule has 17 heavy (non-hydrogen) atoms. The molecule has 92 valence electrons. The van der Waals surface area contributed by atoms with Crippen molar-refractivity contribution in [3.8, 4) is 0 Å². The van der Waals surface area contributed by atoms with Crippen molar-refractivity contribution in [3.63, 3.8) is 0 Å². The second-order valence-corrected chi connectivity index (χ2v) is 6.52. The van der Waals surface area contributed by atoms with Crippen LogP contribution in [-0.4, -0.2) is 6.54 Å². The van der Waals surface area contributed by atoms with Gasteiger partial charge in [-0.1, -0.05) is 6.92 Å². The highest BCUT2D eigenvalue weighted by Crippen LogP contribution is 2.32. The highest BCUT2D eigenvalue weighted by molar-refractivity contribution is 9.11. The van der Waals surface area contributed by atoms with Gasteiger partial charge in [-0.2, -0.15) is 0 Å². The Balaban J connectivity index is 2.34. The van der Waals surface area contributed by atoms with Crippen LogP contribution >= 0.6 is 27.3 Å². The molecule has 0 radical (unpaired) electrons. The van der Waals surface area contributed by atoms with Crippen LogP contribution in [0.3, 0.4) is 0 Å². The lowest BCUT2D eigenvalue weighted by Gasteiger charge is -2.13. The molecular weight excluding hydrogens is 298 g/mol. The Kier molecular flexibility index (Phi) is 4.07. The molecule has 0 saturated carbocycles. The van der Waals surface area contributed by atoms with Gasteiger partial charge in [-0.15, -0.1) is 11.3 Å². The van der Waals surface area contributed by atoms with E-state index in [0.717, 1.165) is 21.9 Å². The maximum atomic E-state index is 5.82. The standard InChI is InChI=1S/C13H16BrNOS/c1-4-15-13(11-5-6-12(14)17-11)10-7-8(2)9(3)16-10/h5-7,13,15H,4H2,1-3H3. The fourth-order valence-corrected chi connectivity index (χ4v) is 3.28. The van der Waals surface area contributed by atoms with Crippen LogP contribution < -0.4 is 5.32 Å². The normalized spacial score (nSPS) is 12.9. The number of hydrogen-bond acceptors (Lipinski definition) is 3. The van der Waals surface area contributed by atoms with Gasteiger partial charge in [0.15, 0.2) is 0 Å². The van der Waals surface area contributed by atoms with E-state index in [4.69, 9.17) is 4.42 Å². The minimum absolute atomic E-state index is 0.156. The van der Waals surface area contributed by atoms with Crippen molar-refractivity contribution in [1.82, 2.24) is 5.32 Å². The molecule has 2 heterocycles. The van der Waals surface area contributed by atoms with Gasteiger partial charge in [-0.05, 0) is 60.1 Å². The topological polar surface area (TPSA) is 25.2 Å². The lowest BCUT2D eigenvalue weighted by atomic mass is 10.1. The van der Waals surface area contributed by atoms with Crippen LogP contribution in [0.2, 0.25) is 0 Å². The van der Waals surface area contributed by atoms with E-state index in [1.165, 1.54) is 10.4 Å². The number of rotatable bonds is 4. The summed E-state index contributed by atoms with van der Waals surface area (Å²) in [5.74, 6) is 2.00. The summed E-state index contributed by atoms with van der Waals surface area (Å²) < 4.78 is 6.97. The molecule has 0 aromatic carbocycles. The van der Waals surface area contributed by atoms with Gasteiger partial charge in [0.2, 0.25) is 0 Å². The van der Waals surface area contributed by atoms with Gasteiger partial charge in [-0.25, -0.2) is 0 Å². The fourth-order valence-electron chi connectivity index (χ4n) is 1.77. The van der Waals surface area contributed by atoms with E-state index in [-0.39, 0.29) is 6.04 Å². The Hall–Kier alpha value is -0.580. The number of furan rings is 1. The molecule has 2 rings (SSSR count). The molecule has 1 atom stereocenters. The van der Waals surface area contributed by atoms with E-state index in [9.17, 15) is 0 Å². The van der Waals surface area contributed by atoms with Gasteiger partial charge >= 0.3 is 0 Å². The number of halogens is 1. The van der Waals surface area contributed by atoms with E-state index in [1.807, 2.05) is 6.92 Å². The third-order valence-electron chi connectivity index (χ3n) is 2.76. The summed E-state index contributed by atoms with van der Waals surface area (Å²) in [7, 11) is 0. The van der Waals surface area contributed by atoms with Crippen LogP contribution in [0.15, 0.2) is 26.4 Å². The first kappa shape index (κ1) is 12.9. The van der Waals surface area contributed by atoms with Crippen molar-refractivity contribution in [2.45, 2.75) is 26.8 Å². The van der Waals surface area contributed by atoms with E-state index in [0.29, 0.717) is 0 Å². The van der Waals surface area contributed by atoms with Crippen molar-refractivity contribution in [1.29, 1.82) is 0 Å². The van der Waals surface area contributed by atoms with Crippen LogP contribution in [0.5, 0.6) is 0 Å². The highest BCUT2D eigenvalue weighted by atomic mass is 79.9. The molecular formula is C13H16BrNOS. The molecule has 0 spiro atoms. The monoisotopic (exact) mass is 313 g/mol. The predicted octanol–water partition coefficient (Wildman–Crippen LogP) is 4.42. The van der Waals surface area contributed by atoms with Crippen molar-refractivity contribution in [3.05, 3.63) is 43.9 Å². The molecule has 0 aliphatic carbocycles. The second-order valence-electron chi connectivity index (χ2n) is 4.02. The third-order valence-corrected chi connectivity index (χ3v) is 4.44. The molecule has 0 aliphatic rings. The Morgan fingerprint density at radius 2 is 2.18 bits per heavy atom. The summed E-state index contributed by atoms with van der Waals surface area (Å²) in [6.45, 7) is 7.11. The molecule has 1 unspecified atom stereocenters. The zero-order chi connectivity index (χ0) is 12.4. The molecule has 2 nitrogen and oxygen atoms in total. The van der Waals surface area contributed by atoms with Gasteiger partial charge in [0, 0.05) is 4.88 Å². The summed E-state index contributed by atoms with van der Waals surface area (Å²) >= 11 is 5.24. The van der Waals surface area contributed by atoms with Gasteiger partial charge in [0.1, 0.15) is 17.6 Å². The summed E-state index contributed by atoms with van der Waals surface area (Å²) in [5, 5.41) is 3.46. The molecule has 0 saturated heterocycles. The highest BCUT2D eigenvalue weighted by Gasteiger charge is 2.19. The average Bonchev–Trinajstić information content (AvgIpc) is 2.83. The van der Waals surface area contributed by atoms with E-state index < -0.39 is 0 Å². The first-order valence-corrected chi connectivity index (χ1v) is 7.28. The maximum Gasteiger partial charge on any atom is 0.126 e. The van der Waals surface area contributed by atoms with Crippen LogP contribution in [0.25, 0.3) is 0 Å². The second kappa shape index (κ2) is 5.38. The van der Waals surface area contributed by atoms with Gasteiger partial charge in [0.25, 0.3) is 0 Å². The summed E-state index contributed by atoms with van der Waals surface area (Å²) in [4.78, 5) is 1.27. The van der Waals surface area contributed by atoms with E-state index in [1.54, 1.807) is 11.3 Å². The van der Waals surface area contributed by atoms with Crippen LogP contribution in [0.1, 0.15) is 34.9 Å². The van der Waals surface area contributed by atoms with Gasteiger partial charge in [-0.3, -0.25) is 0 Å². The number of nitrogens with one attached hydrogen (secondary N) is 1. The Labute approximate surface area is 114 Å². The Morgan fingerprint density at radius 3 is 2.65 bits per heavy atom. The van der Waals surface area contributed by atoms with Crippen molar-refractivity contribution < 1.29 is 4.42 Å². The molecule has 0 fully saturated rings. The van der Waals surface area contributed by atoms with Crippen molar-refractivity contribution in [2.24, 2.45) is 0 Å². The largest absolute Gasteiger partial charge is 0.464 e. The predicted molar refractivity (Wildman–Crippen MR) is 75.7 cm³/mol. The smallest absolute Gasteiger partial charge is 0.126 e. The third kappa shape index (κ3) is 2.81. The van der Waals surface area contributed by atoms with E-state index >= 15 is 0 Å². The zero-order valence-electron chi connectivity index (χ0n) is 10.2. The summed E-state index contributed by atoms with van der Waals surface area (Å²) in [6.07, 6.45) is 0. The van der Waals surface area contributed by atoms with Gasteiger partial charge < -0.3 is 9.73 Å². The molecule has 0 aliphatic heterocycles. The number of thiophene rings is 1. The van der Waals surface area contributed by atoms with Crippen molar-refractivity contribution >= 4 is 27.3 Å². The molecule has 0 bridgehead atoms. The first-order valence-electron chi connectivity index (χ1n) is 5.67. The van der Waals surface area contributed by atoms with E-state index in [2.05, 4.69) is 53.3 Å². The van der Waals surface area contributed by atoms with Crippen LogP contribution in [0, 0.1) is 13.8 Å². The molecule has 4 heteroatoms. The SMILES string of the molecule is CCNC(c1cc(C)c(C)o1)c1ccc(Br)s1.